The van der Waals surface area contributed by atoms with E-state index in [2.05, 4.69) is 6.92 Å². The molecule has 2 aliphatic rings. The molecule has 0 unspecified atom stereocenters. The van der Waals surface area contributed by atoms with Crippen LogP contribution in [-0.4, -0.2) is 19.8 Å². The summed E-state index contributed by atoms with van der Waals surface area (Å²) in [5.41, 5.74) is 8.41. The molecule has 1 aliphatic carbocycles. The second kappa shape index (κ2) is 4.32. The zero-order valence-corrected chi connectivity index (χ0v) is 11.3. The topological polar surface area (TPSA) is 44.5 Å². The lowest BCUT2D eigenvalue weighted by molar-refractivity contribution is 0.296. The first-order valence-corrected chi connectivity index (χ1v) is 6.85. The maximum atomic E-state index is 6.34. The molecule has 0 saturated heterocycles. The normalized spacial score (nSPS) is 20.4. The van der Waals surface area contributed by atoms with Gasteiger partial charge in [0.25, 0.3) is 0 Å². The van der Waals surface area contributed by atoms with E-state index in [-0.39, 0.29) is 5.41 Å². The van der Waals surface area contributed by atoms with Crippen LogP contribution in [0.5, 0.6) is 11.5 Å². The molecule has 2 N–H and O–H groups in total. The highest BCUT2D eigenvalue weighted by Crippen LogP contribution is 2.53. The zero-order valence-electron chi connectivity index (χ0n) is 10.6. The highest BCUT2D eigenvalue weighted by atomic mass is 35.5. The summed E-state index contributed by atoms with van der Waals surface area (Å²) in [6.45, 7) is 4.09. The van der Waals surface area contributed by atoms with Crippen molar-refractivity contribution in [3.63, 3.8) is 0 Å². The first-order valence-electron chi connectivity index (χ1n) is 6.47. The molecule has 98 valence electrons. The van der Waals surface area contributed by atoms with E-state index in [9.17, 15) is 0 Å². The third-order valence-electron chi connectivity index (χ3n) is 4.04. The van der Waals surface area contributed by atoms with Crippen molar-refractivity contribution in [1.29, 1.82) is 0 Å². The van der Waals surface area contributed by atoms with Crippen LogP contribution in [0.25, 0.3) is 0 Å². The molecule has 3 nitrogen and oxygen atoms in total. The Labute approximate surface area is 112 Å². The number of benzene rings is 1. The average molecular weight is 268 g/mol. The number of rotatable bonds is 2. The number of ether oxygens (including phenoxy) is 2. The Morgan fingerprint density at radius 1 is 1.28 bits per heavy atom. The minimum atomic E-state index is 0.123. The van der Waals surface area contributed by atoms with Crippen molar-refractivity contribution in [1.82, 2.24) is 0 Å². The van der Waals surface area contributed by atoms with Gasteiger partial charge in [-0.25, -0.2) is 0 Å². The van der Waals surface area contributed by atoms with Gasteiger partial charge in [-0.15, -0.1) is 0 Å². The first kappa shape index (κ1) is 12.1. The molecule has 0 aromatic heterocycles. The van der Waals surface area contributed by atoms with E-state index in [1.54, 1.807) is 0 Å². The third-order valence-corrected chi connectivity index (χ3v) is 4.32. The average Bonchev–Trinajstić information content (AvgIpc) is 3.17. The van der Waals surface area contributed by atoms with E-state index in [0.29, 0.717) is 30.5 Å². The van der Waals surface area contributed by atoms with Gasteiger partial charge in [0.05, 0.1) is 18.2 Å². The summed E-state index contributed by atoms with van der Waals surface area (Å²) >= 11 is 6.34. The van der Waals surface area contributed by atoms with Crippen LogP contribution < -0.4 is 15.2 Å². The molecule has 3 rings (SSSR count). The van der Waals surface area contributed by atoms with Crippen molar-refractivity contribution in [2.75, 3.05) is 19.8 Å². The van der Waals surface area contributed by atoms with Crippen LogP contribution >= 0.6 is 11.6 Å². The molecule has 18 heavy (non-hydrogen) atoms. The van der Waals surface area contributed by atoms with E-state index < -0.39 is 0 Å². The smallest absolute Gasteiger partial charge is 0.180 e. The molecule has 1 aromatic carbocycles. The zero-order chi connectivity index (χ0) is 12.8. The van der Waals surface area contributed by atoms with Crippen LogP contribution in [0, 0.1) is 6.92 Å². The van der Waals surface area contributed by atoms with Gasteiger partial charge in [0.1, 0.15) is 0 Å². The Kier molecular flexibility index (Phi) is 2.91. The molecular formula is C14H18ClNO2. The van der Waals surface area contributed by atoms with Crippen LogP contribution in [0.2, 0.25) is 5.02 Å². The molecular weight excluding hydrogens is 250 g/mol. The van der Waals surface area contributed by atoms with Crippen LogP contribution in [0.3, 0.4) is 0 Å². The predicted octanol–water partition coefficient (Wildman–Crippen LogP) is 2.80. The maximum absolute atomic E-state index is 6.34. The molecule has 1 aliphatic heterocycles. The lowest BCUT2D eigenvalue weighted by Gasteiger charge is -2.21. The van der Waals surface area contributed by atoms with Gasteiger partial charge in [-0.2, -0.15) is 0 Å². The fraction of sp³-hybridized carbons (Fsp3) is 0.571. The van der Waals surface area contributed by atoms with Crippen molar-refractivity contribution >= 4 is 11.6 Å². The number of fused-ring (bicyclic) bond motifs is 1. The van der Waals surface area contributed by atoms with Crippen molar-refractivity contribution in [2.45, 2.75) is 31.6 Å². The molecule has 0 bridgehead atoms. The summed E-state index contributed by atoms with van der Waals surface area (Å²) in [6, 6.07) is 2.02. The monoisotopic (exact) mass is 267 g/mol. The fourth-order valence-corrected chi connectivity index (χ4v) is 2.95. The summed E-state index contributed by atoms with van der Waals surface area (Å²) in [5, 5.41) is 0.646. The lowest BCUT2D eigenvalue weighted by Crippen LogP contribution is -2.21. The minimum absolute atomic E-state index is 0.123. The molecule has 1 heterocycles. The maximum Gasteiger partial charge on any atom is 0.180 e. The molecule has 0 atom stereocenters. The largest absolute Gasteiger partial charge is 0.489 e. The molecule has 1 saturated carbocycles. The molecule has 0 radical (unpaired) electrons. The highest BCUT2D eigenvalue weighted by Gasteiger charge is 2.45. The first-order chi connectivity index (χ1) is 8.68. The summed E-state index contributed by atoms with van der Waals surface area (Å²) in [7, 11) is 0. The quantitative estimate of drug-likeness (QED) is 0.896. The Balaban J connectivity index is 2.13. The summed E-state index contributed by atoms with van der Waals surface area (Å²) in [5.74, 6) is 1.51. The SMILES string of the molecule is Cc1c(C2(CN)CC2)cc(Cl)c2c1OCCCO2. The third kappa shape index (κ3) is 1.77. The van der Waals surface area contributed by atoms with E-state index in [1.807, 2.05) is 6.07 Å². The lowest BCUT2D eigenvalue weighted by atomic mass is 9.91. The number of hydrogen-bond donors (Lipinski definition) is 1. The second-order valence-electron chi connectivity index (χ2n) is 5.22. The summed E-state index contributed by atoms with van der Waals surface area (Å²) in [6.07, 6.45) is 3.17. The number of halogens is 1. The van der Waals surface area contributed by atoms with E-state index >= 15 is 0 Å². The summed E-state index contributed by atoms with van der Waals surface area (Å²) < 4.78 is 11.5. The van der Waals surface area contributed by atoms with Crippen LogP contribution in [-0.2, 0) is 5.41 Å². The fourth-order valence-electron chi connectivity index (χ4n) is 2.70. The Bertz CT molecular complexity index is 483. The predicted molar refractivity (Wildman–Crippen MR) is 71.8 cm³/mol. The Morgan fingerprint density at radius 2 is 1.94 bits per heavy atom. The van der Waals surface area contributed by atoms with Gasteiger partial charge in [-0.05, 0) is 37.0 Å². The van der Waals surface area contributed by atoms with Crippen molar-refractivity contribution in [3.05, 3.63) is 22.2 Å². The highest BCUT2D eigenvalue weighted by molar-refractivity contribution is 6.32. The summed E-state index contributed by atoms with van der Waals surface area (Å²) in [4.78, 5) is 0. The molecule has 1 aromatic rings. The molecule has 0 spiro atoms. The van der Waals surface area contributed by atoms with Crippen LogP contribution in [0.1, 0.15) is 30.4 Å². The number of hydrogen-bond acceptors (Lipinski definition) is 3. The van der Waals surface area contributed by atoms with Crippen molar-refractivity contribution < 1.29 is 9.47 Å². The minimum Gasteiger partial charge on any atom is -0.489 e. The van der Waals surface area contributed by atoms with E-state index in [0.717, 1.165) is 30.6 Å². The molecule has 4 heteroatoms. The van der Waals surface area contributed by atoms with Gasteiger partial charge in [0.2, 0.25) is 0 Å². The van der Waals surface area contributed by atoms with E-state index in [4.69, 9.17) is 26.8 Å². The molecule has 1 fully saturated rings. The number of nitrogens with two attached hydrogens (primary N) is 1. The van der Waals surface area contributed by atoms with E-state index in [1.165, 1.54) is 5.56 Å². The Morgan fingerprint density at radius 3 is 2.56 bits per heavy atom. The van der Waals surface area contributed by atoms with Gasteiger partial charge in [0.15, 0.2) is 11.5 Å². The van der Waals surface area contributed by atoms with Crippen molar-refractivity contribution in [3.8, 4) is 11.5 Å². The van der Waals surface area contributed by atoms with Gasteiger partial charge >= 0.3 is 0 Å². The van der Waals surface area contributed by atoms with Gasteiger partial charge < -0.3 is 15.2 Å². The molecule has 0 amide bonds. The van der Waals surface area contributed by atoms with Gasteiger partial charge in [-0.1, -0.05) is 11.6 Å². The Hall–Kier alpha value is -0.930. The standard InChI is InChI=1S/C14H18ClNO2/c1-9-10(14(8-16)3-4-14)7-11(15)13-12(9)17-5-2-6-18-13/h7H,2-6,8,16H2,1H3. The van der Waals surface area contributed by atoms with Crippen molar-refractivity contribution in [2.24, 2.45) is 5.73 Å². The van der Waals surface area contributed by atoms with Crippen LogP contribution in [0.4, 0.5) is 0 Å². The van der Waals surface area contributed by atoms with Crippen LogP contribution in [0.15, 0.2) is 6.07 Å². The van der Waals surface area contributed by atoms with Gasteiger partial charge in [0, 0.05) is 18.4 Å². The van der Waals surface area contributed by atoms with Gasteiger partial charge in [-0.3, -0.25) is 0 Å². The second-order valence-corrected chi connectivity index (χ2v) is 5.63.